The lowest BCUT2D eigenvalue weighted by molar-refractivity contribution is -0.163. The summed E-state index contributed by atoms with van der Waals surface area (Å²) in [4.78, 5) is 12.3. The number of hydrogen-bond donors (Lipinski definition) is 1. The third kappa shape index (κ3) is 3.20. The van der Waals surface area contributed by atoms with Gasteiger partial charge in [0.25, 0.3) is 5.91 Å². The van der Waals surface area contributed by atoms with Crippen LogP contribution in [0.15, 0.2) is 59.5 Å². The molecule has 0 bridgehead atoms. The number of carbonyl (C=O) groups excluding carboxylic acids is 1. The van der Waals surface area contributed by atoms with Gasteiger partial charge >= 0.3 is 0 Å². The molecule has 5 nitrogen and oxygen atoms in total. The molecule has 0 aromatic heterocycles. The third-order valence-electron chi connectivity index (χ3n) is 4.28. The van der Waals surface area contributed by atoms with Crippen LogP contribution >= 0.6 is 0 Å². The van der Waals surface area contributed by atoms with Crippen molar-refractivity contribution >= 4 is 15.7 Å². The molecule has 2 aromatic rings. The van der Waals surface area contributed by atoms with E-state index in [-0.39, 0.29) is 17.9 Å². The first-order chi connectivity index (χ1) is 11.5. The number of sulfone groups is 1. The molecule has 1 aliphatic heterocycles. The predicted molar refractivity (Wildman–Crippen MR) is 90.2 cm³/mol. The van der Waals surface area contributed by atoms with E-state index in [9.17, 15) is 18.4 Å². The van der Waals surface area contributed by atoms with Crippen LogP contribution in [0, 0.1) is 0 Å². The monoisotopic (exact) mass is 345 g/mol. The molecular formula is C18H19NO4S. The van der Waals surface area contributed by atoms with Gasteiger partial charge in [0.1, 0.15) is 5.25 Å². The van der Waals surface area contributed by atoms with Crippen molar-refractivity contribution in [2.24, 2.45) is 0 Å². The van der Waals surface area contributed by atoms with E-state index in [0.29, 0.717) is 17.9 Å². The highest BCUT2D eigenvalue weighted by molar-refractivity contribution is 7.92. The number of nitrogens with zero attached hydrogens (tertiary/aromatic N) is 1. The van der Waals surface area contributed by atoms with Crippen LogP contribution in [0.25, 0.3) is 11.1 Å². The Kier molecular flexibility index (Phi) is 4.69. The molecular weight excluding hydrogens is 326 g/mol. The third-order valence-corrected chi connectivity index (χ3v) is 6.40. The molecule has 1 fully saturated rings. The van der Waals surface area contributed by atoms with Crippen LogP contribution < -0.4 is 0 Å². The van der Waals surface area contributed by atoms with E-state index in [4.69, 9.17) is 0 Å². The minimum absolute atomic E-state index is 0.107. The SMILES string of the molecule is O=C1C(S(=O)(=O)c2ccc(-c3ccccc3)cc2)CCCCN1O. The normalized spacial score (nSPS) is 19.1. The van der Waals surface area contributed by atoms with Gasteiger partial charge in [-0.1, -0.05) is 42.5 Å². The quantitative estimate of drug-likeness (QED) is 0.868. The lowest BCUT2D eigenvalue weighted by Gasteiger charge is -2.18. The van der Waals surface area contributed by atoms with Crippen LogP contribution in [0.4, 0.5) is 0 Å². The van der Waals surface area contributed by atoms with Gasteiger partial charge in [-0.25, -0.2) is 13.5 Å². The number of amides is 1. The number of rotatable bonds is 3. The zero-order valence-corrected chi connectivity index (χ0v) is 13.9. The molecule has 6 heteroatoms. The molecule has 1 atom stereocenters. The summed E-state index contributed by atoms with van der Waals surface area (Å²) in [5.74, 6) is -0.736. The lowest BCUT2D eigenvalue weighted by Crippen LogP contribution is -2.39. The highest BCUT2D eigenvalue weighted by atomic mass is 32.2. The van der Waals surface area contributed by atoms with E-state index in [0.717, 1.165) is 11.1 Å². The molecule has 0 radical (unpaired) electrons. The van der Waals surface area contributed by atoms with Crippen LogP contribution in [0.2, 0.25) is 0 Å². The van der Waals surface area contributed by atoms with E-state index in [1.807, 2.05) is 30.3 Å². The van der Waals surface area contributed by atoms with E-state index in [1.54, 1.807) is 12.1 Å². The van der Waals surface area contributed by atoms with Gasteiger partial charge in [0.2, 0.25) is 0 Å². The topological polar surface area (TPSA) is 74.7 Å². The van der Waals surface area contributed by atoms with Crippen LogP contribution in [-0.2, 0) is 14.6 Å². The van der Waals surface area contributed by atoms with Gasteiger partial charge in [0.15, 0.2) is 9.84 Å². The Bertz CT molecular complexity index is 816. The van der Waals surface area contributed by atoms with Crippen molar-refractivity contribution in [2.45, 2.75) is 29.4 Å². The molecule has 3 rings (SSSR count). The summed E-state index contributed by atoms with van der Waals surface area (Å²) in [6.45, 7) is 0.178. The maximum Gasteiger partial charge on any atom is 0.264 e. The minimum Gasteiger partial charge on any atom is -0.286 e. The van der Waals surface area contributed by atoms with Crippen LogP contribution in [-0.4, -0.2) is 36.4 Å². The summed E-state index contributed by atoms with van der Waals surface area (Å²) in [6.07, 6.45) is 1.43. The Hall–Kier alpha value is -2.18. The van der Waals surface area contributed by atoms with E-state index >= 15 is 0 Å². The van der Waals surface area contributed by atoms with Crippen molar-refractivity contribution in [3.8, 4) is 11.1 Å². The summed E-state index contributed by atoms with van der Waals surface area (Å²) >= 11 is 0. The van der Waals surface area contributed by atoms with Crippen LogP contribution in [0.5, 0.6) is 0 Å². The average Bonchev–Trinajstić information content (AvgIpc) is 2.78. The summed E-state index contributed by atoms with van der Waals surface area (Å²) in [6, 6.07) is 16.2. The zero-order chi connectivity index (χ0) is 17.2. The highest BCUT2D eigenvalue weighted by Gasteiger charge is 2.37. The predicted octanol–water partition coefficient (Wildman–Crippen LogP) is 2.90. The van der Waals surface area contributed by atoms with Crippen LogP contribution in [0.3, 0.4) is 0 Å². The Morgan fingerprint density at radius 1 is 0.917 bits per heavy atom. The maximum atomic E-state index is 12.8. The maximum absolute atomic E-state index is 12.8. The molecule has 1 aliphatic rings. The Labute approximate surface area is 141 Å². The second-order valence-electron chi connectivity index (χ2n) is 5.88. The molecule has 0 saturated carbocycles. The molecule has 1 heterocycles. The molecule has 0 aliphatic carbocycles. The fourth-order valence-corrected chi connectivity index (χ4v) is 4.62. The van der Waals surface area contributed by atoms with Crippen molar-refractivity contribution in [3.05, 3.63) is 54.6 Å². The smallest absolute Gasteiger partial charge is 0.264 e. The highest BCUT2D eigenvalue weighted by Crippen LogP contribution is 2.26. The summed E-state index contributed by atoms with van der Waals surface area (Å²) in [5.41, 5.74) is 1.90. The Morgan fingerprint density at radius 3 is 2.21 bits per heavy atom. The molecule has 24 heavy (non-hydrogen) atoms. The Balaban J connectivity index is 1.91. The number of hydroxylamine groups is 2. The zero-order valence-electron chi connectivity index (χ0n) is 13.1. The van der Waals surface area contributed by atoms with Crippen molar-refractivity contribution in [2.75, 3.05) is 6.54 Å². The molecule has 1 N–H and O–H groups in total. The van der Waals surface area contributed by atoms with Gasteiger partial charge < -0.3 is 0 Å². The summed E-state index contributed by atoms with van der Waals surface area (Å²) in [5, 5.41) is 8.97. The molecule has 0 spiro atoms. The molecule has 1 amide bonds. The Morgan fingerprint density at radius 2 is 1.54 bits per heavy atom. The van der Waals surface area contributed by atoms with Gasteiger partial charge in [-0.3, -0.25) is 10.0 Å². The van der Waals surface area contributed by atoms with E-state index in [2.05, 4.69) is 0 Å². The second kappa shape index (κ2) is 6.75. The number of hydrogen-bond acceptors (Lipinski definition) is 4. The first-order valence-electron chi connectivity index (χ1n) is 7.90. The molecule has 1 saturated heterocycles. The molecule has 2 aromatic carbocycles. The van der Waals surface area contributed by atoms with Gasteiger partial charge in [-0.05, 0) is 42.5 Å². The van der Waals surface area contributed by atoms with Crippen molar-refractivity contribution in [3.63, 3.8) is 0 Å². The van der Waals surface area contributed by atoms with Crippen LogP contribution in [0.1, 0.15) is 19.3 Å². The fraction of sp³-hybridized carbons (Fsp3) is 0.278. The number of carbonyl (C=O) groups is 1. The van der Waals surface area contributed by atoms with Gasteiger partial charge in [0, 0.05) is 6.54 Å². The first-order valence-corrected chi connectivity index (χ1v) is 9.44. The van der Waals surface area contributed by atoms with Crippen molar-refractivity contribution in [1.29, 1.82) is 0 Å². The largest absolute Gasteiger partial charge is 0.286 e. The molecule has 126 valence electrons. The minimum atomic E-state index is -3.82. The molecule has 1 unspecified atom stereocenters. The standard InChI is InChI=1S/C18H19NO4S/c20-18-17(8-4-5-13-19(18)21)24(22,23)16-11-9-15(10-12-16)14-6-2-1-3-7-14/h1-3,6-7,9-12,17,21H,4-5,8,13H2. The van der Waals surface area contributed by atoms with E-state index in [1.165, 1.54) is 12.1 Å². The lowest BCUT2D eigenvalue weighted by atomic mass is 10.1. The van der Waals surface area contributed by atoms with Gasteiger partial charge in [-0.15, -0.1) is 0 Å². The van der Waals surface area contributed by atoms with Crippen molar-refractivity contribution in [1.82, 2.24) is 5.06 Å². The van der Waals surface area contributed by atoms with Gasteiger partial charge in [0.05, 0.1) is 4.90 Å². The fourth-order valence-electron chi connectivity index (χ4n) is 2.91. The summed E-state index contributed by atoms with van der Waals surface area (Å²) in [7, 11) is -3.82. The van der Waals surface area contributed by atoms with E-state index < -0.39 is 21.0 Å². The first kappa shape index (κ1) is 16.7. The number of benzene rings is 2. The van der Waals surface area contributed by atoms with Gasteiger partial charge in [-0.2, -0.15) is 0 Å². The van der Waals surface area contributed by atoms with Crippen molar-refractivity contribution < 1.29 is 18.4 Å². The average molecular weight is 345 g/mol. The second-order valence-corrected chi connectivity index (χ2v) is 8.01. The summed E-state index contributed by atoms with van der Waals surface area (Å²) < 4.78 is 25.6.